The molecule has 20 heavy (non-hydrogen) atoms. The van der Waals surface area contributed by atoms with Crippen molar-refractivity contribution in [2.45, 2.75) is 87.5 Å². The summed E-state index contributed by atoms with van der Waals surface area (Å²) in [4.78, 5) is 0. The van der Waals surface area contributed by atoms with Crippen LogP contribution in [0, 0.1) is 0 Å². The molecule has 1 saturated heterocycles. The maximum atomic E-state index is 6.55. The molecule has 0 bridgehead atoms. The minimum absolute atomic E-state index is 0.00547. The zero-order valence-corrected chi connectivity index (χ0v) is 17.5. The predicted octanol–water partition coefficient (Wildman–Crippen LogP) is 5.34. The quantitative estimate of drug-likeness (QED) is 0.480. The van der Waals surface area contributed by atoms with Gasteiger partial charge < -0.3 is 9.16 Å². The Morgan fingerprint density at radius 2 is 1.80 bits per heavy atom. The van der Waals surface area contributed by atoms with Crippen LogP contribution in [0.2, 0.25) is 18.1 Å². The summed E-state index contributed by atoms with van der Waals surface area (Å²) in [7, 11) is -1.77. The first-order chi connectivity index (χ1) is 8.69. The topological polar surface area (TPSA) is 18.5 Å². The molecule has 1 aliphatic heterocycles. The first kappa shape index (κ1) is 19.0. The van der Waals surface area contributed by atoms with Crippen LogP contribution >= 0.6 is 27.5 Å². The molecular formula is C15H30BrClO2Si. The van der Waals surface area contributed by atoms with E-state index in [-0.39, 0.29) is 20.8 Å². The fourth-order valence-corrected chi connectivity index (χ4v) is 3.61. The molecule has 0 amide bonds. The van der Waals surface area contributed by atoms with Crippen LogP contribution in [-0.2, 0) is 9.16 Å². The van der Waals surface area contributed by atoms with E-state index in [2.05, 4.69) is 70.6 Å². The van der Waals surface area contributed by atoms with Crippen LogP contribution in [0.15, 0.2) is 0 Å². The predicted molar refractivity (Wildman–Crippen MR) is 93.7 cm³/mol. The SMILES string of the molecule is CC(C)(Br)[C@H]1C[C@@H](Cl)[C@@](C)(CO[Si](C)(C)C(C)(C)C)O1. The number of rotatable bonds is 4. The standard InChI is InChI=1S/C15H30BrClO2Si/c1-13(2,3)20(7,8)18-10-15(6)11(17)9-12(19-15)14(4,5)16/h11-12H,9-10H2,1-8H3/t11-,12-,15-/m1/s1. The van der Waals surface area contributed by atoms with Gasteiger partial charge in [-0.1, -0.05) is 36.7 Å². The van der Waals surface area contributed by atoms with Crippen molar-refractivity contribution in [3.8, 4) is 0 Å². The van der Waals surface area contributed by atoms with Crippen molar-refractivity contribution in [1.82, 2.24) is 0 Å². The van der Waals surface area contributed by atoms with Crippen molar-refractivity contribution in [3.05, 3.63) is 0 Å². The summed E-state index contributed by atoms with van der Waals surface area (Å²) in [5.41, 5.74) is -0.396. The molecule has 1 fully saturated rings. The molecule has 0 aliphatic carbocycles. The van der Waals surface area contributed by atoms with Crippen molar-refractivity contribution >= 4 is 35.8 Å². The number of hydrogen-bond donors (Lipinski definition) is 0. The summed E-state index contributed by atoms with van der Waals surface area (Å²) < 4.78 is 12.5. The van der Waals surface area contributed by atoms with Gasteiger partial charge in [0.15, 0.2) is 8.32 Å². The summed E-state index contributed by atoms with van der Waals surface area (Å²) in [6.07, 6.45) is 0.981. The summed E-state index contributed by atoms with van der Waals surface area (Å²) in [5, 5.41) is 0.201. The Labute approximate surface area is 139 Å². The van der Waals surface area contributed by atoms with Crippen LogP contribution in [-0.4, -0.2) is 36.3 Å². The average molecular weight is 386 g/mol. The molecule has 0 N–H and O–H groups in total. The molecule has 5 heteroatoms. The third-order valence-electron chi connectivity index (χ3n) is 4.79. The van der Waals surface area contributed by atoms with Crippen LogP contribution < -0.4 is 0 Å². The molecule has 2 nitrogen and oxygen atoms in total. The molecule has 1 heterocycles. The minimum atomic E-state index is -1.77. The summed E-state index contributed by atoms with van der Waals surface area (Å²) in [5.74, 6) is 0. The van der Waals surface area contributed by atoms with Gasteiger partial charge in [0.05, 0.1) is 18.1 Å². The van der Waals surface area contributed by atoms with E-state index in [4.69, 9.17) is 20.8 Å². The minimum Gasteiger partial charge on any atom is -0.414 e. The first-order valence-corrected chi connectivity index (χ1v) is 11.5. The van der Waals surface area contributed by atoms with E-state index in [1.54, 1.807) is 0 Å². The van der Waals surface area contributed by atoms with Crippen molar-refractivity contribution in [1.29, 1.82) is 0 Å². The van der Waals surface area contributed by atoms with Gasteiger partial charge in [-0.15, -0.1) is 11.6 Å². The average Bonchev–Trinajstić information content (AvgIpc) is 2.52. The molecule has 0 radical (unpaired) electrons. The van der Waals surface area contributed by atoms with Crippen LogP contribution in [0.25, 0.3) is 0 Å². The number of ether oxygens (including phenoxy) is 1. The lowest BCUT2D eigenvalue weighted by atomic mass is 9.99. The molecular weight excluding hydrogens is 356 g/mol. The van der Waals surface area contributed by atoms with E-state index in [9.17, 15) is 0 Å². The van der Waals surface area contributed by atoms with Crippen LogP contribution in [0.5, 0.6) is 0 Å². The lowest BCUT2D eigenvalue weighted by molar-refractivity contribution is -0.0635. The number of halogens is 2. The Bertz CT molecular complexity index is 349. The van der Waals surface area contributed by atoms with E-state index < -0.39 is 13.9 Å². The second kappa shape index (κ2) is 5.84. The Morgan fingerprint density at radius 3 is 2.15 bits per heavy atom. The first-order valence-electron chi connectivity index (χ1n) is 7.34. The van der Waals surface area contributed by atoms with Crippen LogP contribution in [0.3, 0.4) is 0 Å². The Morgan fingerprint density at radius 1 is 1.30 bits per heavy atom. The molecule has 0 aromatic rings. The second-order valence-electron chi connectivity index (χ2n) is 8.24. The van der Waals surface area contributed by atoms with Crippen molar-refractivity contribution in [3.63, 3.8) is 0 Å². The monoisotopic (exact) mass is 384 g/mol. The van der Waals surface area contributed by atoms with Gasteiger partial charge >= 0.3 is 0 Å². The summed E-state index contributed by atoms with van der Waals surface area (Å²) in [6.45, 7) is 18.2. The lowest BCUT2D eigenvalue weighted by Gasteiger charge is -2.39. The molecule has 120 valence electrons. The summed E-state index contributed by atoms with van der Waals surface area (Å²) >= 11 is 10.2. The fourth-order valence-electron chi connectivity index (χ4n) is 1.97. The Hall–Kier alpha value is 0.907. The van der Waals surface area contributed by atoms with E-state index in [0.29, 0.717) is 6.61 Å². The number of hydrogen-bond acceptors (Lipinski definition) is 2. The molecule has 0 unspecified atom stereocenters. The van der Waals surface area contributed by atoms with Gasteiger partial charge in [-0.05, 0) is 45.3 Å². The van der Waals surface area contributed by atoms with Crippen molar-refractivity contribution in [2.24, 2.45) is 0 Å². The lowest BCUT2D eigenvalue weighted by Crippen LogP contribution is -2.48. The highest BCUT2D eigenvalue weighted by molar-refractivity contribution is 9.10. The third kappa shape index (κ3) is 4.22. The van der Waals surface area contributed by atoms with Gasteiger partial charge in [0.25, 0.3) is 0 Å². The molecule has 0 aromatic heterocycles. The normalized spacial score (nSPS) is 32.7. The highest BCUT2D eigenvalue weighted by atomic mass is 79.9. The van der Waals surface area contributed by atoms with E-state index in [1.165, 1.54) is 0 Å². The zero-order valence-electron chi connectivity index (χ0n) is 14.1. The van der Waals surface area contributed by atoms with Crippen LogP contribution in [0.4, 0.5) is 0 Å². The van der Waals surface area contributed by atoms with E-state index in [1.807, 2.05) is 0 Å². The maximum absolute atomic E-state index is 6.55. The molecule has 0 spiro atoms. The van der Waals surface area contributed by atoms with Gasteiger partial charge in [-0.25, -0.2) is 0 Å². The van der Waals surface area contributed by atoms with Crippen molar-refractivity contribution in [2.75, 3.05) is 6.61 Å². The van der Waals surface area contributed by atoms with Crippen LogP contribution in [0.1, 0.15) is 48.0 Å². The fraction of sp³-hybridized carbons (Fsp3) is 1.00. The Kier molecular flexibility index (Phi) is 5.53. The largest absolute Gasteiger partial charge is 0.414 e. The highest BCUT2D eigenvalue weighted by Gasteiger charge is 2.50. The summed E-state index contributed by atoms with van der Waals surface area (Å²) in [6, 6.07) is 0. The van der Waals surface area contributed by atoms with Gasteiger partial charge in [-0.2, -0.15) is 0 Å². The van der Waals surface area contributed by atoms with Gasteiger partial charge in [-0.3, -0.25) is 0 Å². The highest BCUT2D eigenvalue weighted by Crippen LogP contribution is 2.43. The smallest absolute Gasteiger partial charge is 0.192 e. The molecule has 0 saturated carbocycles. The van der Waals surface area contributed by atoms with Gasteiger partial charge in [0, 0.05) is 4.32 Å². The van der Waals surface area contributed by atoms with E-state index >= 15 is 0 Å². The van der Waals surface area contributed by atoms with Gasteiger partial charge in [0.2, 0.25) is 0 Å². The molecule has 1 aliphatic rings. The molecule has 1 rings (SSSR count). The second-order valence-corrected chi connectivity index (χ2v) is 15.6. The maximum Gasteiger partial charge on any atom is 0.192 e. The van der Waals surface area contributed by atoms with Gasteiger partial charge in [0.1, 0.15) is 5.60 Å². The molecule has 0 aromatic carbocycles. The number of alkyl halides is 2. The Balaban J connectivity index is 2.73. The zero-order chi connectivity index (χ0) is 16.0. The molecule has 3 atom stereocenters. The van der Waals surface area contributed by atoms with E-state index in [0.717, 1.165) is 6.42 Å². The third-order valence-corrected chi connectivity index (χ3v) is 10.4. The van der Waals surface area contributed by atoms with Crippen molar-refractivity contribution < 1.29 is 9.16 Å².